The van der Waals surface area contributed by atoms with Gasteiger partial charge in [0.25, 0.3) is 0 Å². The zero-order chi connectivity index (χ0) is 16.8. The smallest absolute Gasteiger partial charge is 0.193 e. The van der Waals surface area contributed by atoms with Crippen molar-refractivity contribution in [3.8, 4) is 5.75 Å². The highest BCUT2D eigenvalue weighted by Gasteiger charge is 2.08. The first-order chi connectivity index (χ1) is 11.8. The molecular weight excluding hydrogens is 364 g/mol. The van der Waals surface area contributed by atoms with Crippen LogP contribution in [0.25, 0.3) is 0 Å². The molecule has 0 amide bonds. The predicted molar refractivity (Wildman–Crippen MR) is 99.7 cm³/mol. The summed E-state index contributed by atoms with van der Waals surface area (Å²) in [6, 6.07) is 24.8. The standard InChI is InChI=1S/C21H17BrO2/c22-14-16-6-8-17(9-7-16)15-24-20-12-10-19(11-13-20)21(23)18-4-2-1-3-5-18/h1-13H,14-15H2. The Labute approximate surface area is 150 Å². The van der Waals surface area contributed by atoms with Gasteiger partial charge in [0.05, 0.1) is 0 Å². The highest BCUT2D eigenvalue weighted by atomic mass is 79.9. The van der Waals surface area contributed by atoms with Crippen molar-refractivity contribution in [1.82, 2.24) is 0 Å². The van der Waals surface area contributed by atoms with E-state index in [-0.39, 0.29) is 5.78 Å². The lowest BCUT2D eigenvalue weighted by atomic mass is 10.0. The topological polar surface area (TPSA) is 26.3 Å². The number of ether oxygens (including phenoxy) is 1. The zero-order valence-electron chi connectivity index (χ0n) is 13.1. The molecule has 0 aliphatic carbocycles. The average Bonchev–Trinajstić information content (AvgIpc) is 2.67. The molecule has 0 fully saturated rings. The molecule has 0 aliphatic heterocycles. The summed E-state index contributed by atoms with van der Waals surface area (Å²) in [6.07, 6.45) is 0. The Balaban J connectivity index is 1.63. The number of carbonyl (C=O) groups is 1. The van der Waals surface area contributed by atoms with Gasteiger partial charge in [0, 0.05) is 16.5 Å². The Bertz CT molecular complexity index is 794. The minimum absolute atomic E-state index is 0.0208. The van der Waals surface area contributed by atoms with Gasteiger partial charge in [-0.1, -0.05) is 70.5 Å². The fourth-order valence-electron chi connectivity index (χ4n) is 2.35. The van der Waals surface area contributed by atoms with Gasteiger partial charge in [0.1, 0.15) is 12.4 Å². The largest absolute Gasteiger partial charge is 0.489 e. The molecule has 24 heavy (non-hydrogen) atoms. The summed E-state index contributed by atoms with van der Waals surface area (Å²) >= 11 is 3.43. The number of benzene rings is 3. The third-order valence-corrected chi connectivity index (χ3v) is 4.38. The van der Waals surface area contributed by atoms with Gasteiger partial charge in [-0.3, -0.25) is 4.79 Å². The highest BCUT2D eigenvalue weighted by molar-refractivity contribution is 9.08. The summed E-state index contributed by atoms with van der Waals surface area (Å²) in [7, 11) is 0. The van der Waals surface area contributed by atoms with Gasteiger partial charge in [-0.2, -0.15) is 0 Å². The van der Waals surface area contributed by atoms with Crippen LogP contribution in [0, 0.1) is 0 Å². The molecule has 0 bridgehead atoms. The second-order valence-corrected chi connectivity index (χ2v) is 6.02. The van der Waals surface area contributed by atoms with E-state index in [0.29, 0.717) is 17.7 Å². The molecule has 0 saturated carbocycles. The fourth-order valence-corrected chi connectivity index (χ4v) is 2.72. The summed E-state index contributed by atoms with van der Waals surface area (Å²) < 4.78 is 5.78. The van der Waals surface area contributed by atoms with Gasteiger partial charge in [-0.15, -0.1) is 0 Å². The first kappa shape index (κ1) is 16.5. The van der Waals surface area contributed by atoms with Crippen molar-refractivity contribution in [2.24, 2.45) is 0 Å². The van der Waals surface area contributed by atoms with Crippen LogP contribution in [0.5, 0.6) is 5.75 Å². The van der Waals surface area contributed by atoms with Crippen molar-refractivity contribution in [3.05, 3.63) is 101 Å². The summed E-state index contributed by atoms with van der Waals surface area (Å²) in [5.74, 6) is 0.775. The number of halogens is 1. The van der Waals surface area contributed by atoms with E-state index in [9.17, 15) is 4.79 Å². The quantitative estimate of drug-likeness (QED) is 0.423. The van der Waals surface area contributed by atoms with E-state index in [1.54, 1.807) is 12.1 Å². The van der Waals surface area contributed by atoms with E-state index >= 15 is 0 Å². The molecule has 0 unspecified atom stereocenters. The predicted octanol–water partition coefficient (Wildman–Crippen LogP) is 5.39. The summed E-state index contributed by atoms with van der Waals surface area (Å²) in [5.41, 5.74) is 3.71. The lowest BCUT2D eigenvalue weighted by Crippen LogP contribution is -2.01. The van der Waals surface area contributed by atoms with Crippen molar-refractivity contribution >= 4 is 21.7 Å². The third-order valence-electron chi connectivity index (χ3n) is 3.74. The van der Waals surface area contributed by atoms with Crippen molar-refractivity contribution in [3.63, 3.8) is 0 Å². The Hall–Kier alpha value is -2.39. The van der Waals surface area contributed by atoms with E-state index in [4.69, 9.17) is 4.74 Å². The van der Waals surface area contributed by atoms with Crippen LogP contribution in [0.3, 0.4) is 0 Å². The Kier molecular flexibility index (Phi) is 5.44. The summed E-state index contributed by atoms with van der Waals surface area (Å²) in [5, 5.41) is 0.852. The first-order valence-corrected chi connectivity index (χ1v) is 8.85. The maximum atomic E-state index is 12.4. The highest BCUT2D eigenvalue weighted by Crippen LogP contribution is 2.17. The minimum atomic E-state index is 0.0208. The van der Waals surface area contributed by atoms with E-state index in [1.807, 2.05) is 42.5 Å². The molecule has 0 radical (unpaired) electrons. The van der Waals surface area contributed by atoms with E-state index in [0.717, 1.165) is 16.6 Å². The van der Waals surface area contributed by atoms with Crippen LogP contribution in [-0.4, -0.2) is 5.78 Å². The van der Waals surface area contributed by atoms with Gasteiger partial charge in [0.15, 0.2) is 5.78 Å². The first-order valence-electron chi connectivity index (χ1n) is 7.72. The SMILES string of the molecule is O=C(c1ccccc1)c1ccc(OCc2ccc(CBr)cc2)cc1. The van der Waals surface area contributed by atoms with Gasteiger partial charge in [-0.25, -0.2) is 0 Å². The molecular formula is C21H17BrO2. The van der Waals surface area contributed by atoms with Crippen LogP contribution in [-0.2, 0) is 11.9 Å². The molecule has 3 rings (SSSR count). The molecule has 0 heterocycles. The van der Waals surface area contributed by atoms with Crippen molar-refractivity contribution in [1.29, 1.82) is 0 Å². The number of hydrogen-bond acceptors (Lipinski definition) is 2. The maximum absolute atomic E-state index is 12.4. The fraction of sp³-hybridized carbons (Fsp3) is 0.0952. The second kappa shape index (κ2) is 7.93. The van der Waals surface area contributed by atoms with Gasteiger partial charge >= 0.3 is 0 Å². The molecule has 0 aliphatic rings. The number of carbonyl (C=O) groups excluding carboxylic acids is 1. The Morgan fingerprint density at radius 3 is 1.96 bits per heavy atom. The Morgan fingerprint density at radius 2 is 1.33 bits per heavy atom. The maximum Gasteiger partial charge on any atom is 0.193 e. The lowest BCUT2D eigenvalue weighted by Gasteiger charge is -2.08. The molecule has 0 atom stereocenters. The normalized spacial score (nSPS) is 10.4. The number of hydrogen-bond donors (Lipinski definition) is 0. The van der Waals surface area contributed by atoms with Gasteiger partial charge in [-0.05, 0) is 35.4 Å². The number of ketones is 1. The van der Waals surface area contributed by atoms with Crippen LogP contribution in [0.2, 0.25) is 0 Å². The molecule has 0 N–H and O–H groups in total. The summed E-state index contributed by atoms with van der Waals surface area (Å²) in [6.45, 7) is 0.508. The monoisotopic (exact) mass is 380 g/mol. The average molecular weight is 381 g/mol. The van der Waals surface area contributed by atoms with E-state index in [1.165, 1.54) is 5.56 Å². The molecule has 3 aromatic carbocycles. The number of alkyl halides is 1. The van der Waals surface area contributed by atoms with Crippen molar-refractivity contribution < 1.29 is 9.53 Å². The van der Waals surface area contributed by atoms with Gasteiger partial charge < -0.3 is 4.74 Å². The van der Waals surface area contributed by atoms with Crippen LogP contribution in [0.1, 0.15) is 27.0 Å². The minimum Gasteiger partial charge on any atom is -0.489 e. The molecule has 120 valence electrons. The zero-order valence-corrected chi connectivity index (χ0v) is 14.7. The van der Waals surface area contributed by atoms with Crippen molar-refractivity contribution in [2.45, 2.75) is 11.9 Å². The second-order valence-electron chi connectivity index (χ2n) is 5.46. The molecule has 0 saturated heterocycles. The lowest BCUT2D eigenvalue weighted by molar-refractivity contribution is 0.103. The van der Waals surface area contributed by atoms with Crippen LogP contribution >= 0.6 is 15.9 Å². The molecule has 0 aromatic heterocycles. The Morgan fingerprint density at radius 1 is 0.750 bits per heavy atom. The van der Waals surface area contributed by atoms with E-state index in [2.05, 4.69) is 40.2 Å². The molecule has 2 nitrogen and oxygen atoms in total. The van der Waals surface area contributed by atoms with Crippen LogP contribution in [0.4, 0.5) is 0 Å². The van der Waals surface area contributed by atoms with Crippen LogP contribution in [0.15, 0.2) is 78.9 Å². The van der Waals surface area contributed by atoms with Gasteiger partial charge in [0.2, 0.25) is 0 Å². The number of rotatable bonds is 6. The molecule has 0 spiro atoms. The summed E-state index contributed by atoms with van der Waals surface area (Å²) in [4.78, 5) is 12.4. The third kappa shape index (κ3) is 4.12. The van der Waals surface area contributed by atoms with Crippen LogP contribution < -0.4 is 4.74 Å². The molecule has 3 aromatic rings. The van der Waals surface area contributed by atoms with Crippen molar-refractivity contribution in [2.75, 3.05) is 0 Å². The van der Waals surface area contributed by atoms with E-state index < -0.39 is 0 Å². The molecule has 3 heteroatoms.